The number of nitro benzene ring substituents is 1. The average Bonchev–Trinajstić information content (AvgIpc) is 2.28. The molecule has 0 aromatic heterocycles. The van der Waals surface area contributed by atoms with E-state index >= 15 is 0 Å². The minimum absolute atomic E-state index is 0.0153. The van der Waals surface area contributed by atoms with Crippen molar-refractivity contribution < 1.29 is 14.8 Å². The zero-order valence-corrected chi connectivity index (χ0v) is 8.71. The van der Waals surface area contributed by atoms with Crippen molar-refractivity contribution >= 4 is 5.69 Å². The Morgan fingerprint density at radius 3 is 2.75 bits per heavy atom. The van der Waals surface area contributed by atoms with Gasteiger partial charge in [0.1, 0.15) is 0 Å². The molecule has 6 nitrogen and oxygen atoms in total. The van der Waals surface area contributed by atoms with Crippen molar-refractivity contribution in [2.45, 2.75) is 6.04 Å². The number of benzene rings is 1. The molecular weight excluding hydrogens is 212 g/mol. The van der Waals surface area contributed by atoms with Gasteiger partial charge in [0.25, 0.3) is 5.69 Å². The highest BCUT2D eigenvalue weighted by atomic mass is 16.6. The van der Waals surface area contributed by atoms with E-state index in [2.05, 4.69) is 6.58 Å². The fourth-order valence-corrected chi connectivity index (χ4v) is 1.26. The quantitative estimate of drug-likeness (QED) is 0.458. The van der Waals surface area contributed by atoms with Gasteiger partial charge in [-0.2, -0.15) is 0 Å². The monoisotopic (exact) mass is 224 g/mol. The molecule has 86 valence electrons. The van der Waals surface area contributed by atoms with Crippen LogP contribution in [0.4, 0.5) is 5.69 Å². The third-order valence-electron chi connectivity index (χ3n) is 2.13. The van der Waals surface area contributed by atoms with E-state index in [0.29, 0.717) is 0 Å². The lowest BCUT2D eigenvalue weighted by Crippen LogP contribution is -2.08. The van der Waals surface area contributed by atoms with Crippen LogP contribution in [0.25, 0.3) is 0 Å². The van der Waals surface area contributed by atoms with Crippen molar-refractivity contribution in [1.29, 1.82) is 0 Å². The molecule has 0 saturated heterocycles. The molecule has 0 heterocycles. The Morgan fingerprint density at radius 1 is 1.69 bits per heavy atom. The van der Waals surface area contributed by atoms with E-state index in [1.165, 1.54) is 19.3 Å². The van der Waals surface area contributed by atoms with Crippen LogP contribution in [0.15, 0.2) is 24.8 Å². The predicted molar refractivity (Wildman–Crippen MR) is 58.4 cm³/mol. The lowest BCUT2D eigenvalue weighted by Gasteiger charge is -2.11. The summed E-state index contributed by atoms with van der Waals surface area (Å²) in [7, 11) is 1.31. The standard InChI is InChI=1S/C10H12N2O4/c1-3-8(11)7-4-6(12(14)15)5-9(16-2)10(7)13/h3-5,8,13H,1,11H2,2H3/t8-/m0/s1. The van der Waals surface area contributed by atoms with E-state index in [4.69, 9.17) is 10.5 Å². The van der Waals surface area contributed by atoms with Gasteiger partial charge in [-0.3, -0.25) is 10.1 Å². The number of phenols is 1. The summed E-state index contributed by atoms with van der Waals surface area (Å²) < 4.78 is 4.83. The number of aromatic hydroxyl groups is 1. The SMILES string of the molecule is C=C[C@H](N)c1cc([N+](=O)[O-])cc(OC)c1O. The maximum absolute atomic E-state index is 10.6. The third-order valence-corrected chi connectivity index (χ3v) is 2.13. The van der Waals surface area contributed by atoms with E-state index in [1.54, 1.807) is 0 Å². The molecule has 0 aliphatic rings. The number of rotatable bonds is 4. The van der Waals surface area contributed by atoms with Gasteiger partial charge in [0.2, 0.25) is 0 Å². The third kappa shape index (κ3) is 2.12. The van der Waals surface area contributed by atoms with E-state index < -0.39 is 11.0 Å². The summed E-state index contributed by atoms with van der Waals surface area (Å²) in [5.74, 6) is -0.193. The number of hydrogen-bond donors (Lipinski definition) is 2. The Labute approximate surface area is 92.1 Å². The molecule has 0 radical (unpaired) electrons. The van der Waals surface area contributed by atoms with Gasteiger partial charge in [0.05, 0.1) is 24.1 Å². The number of phenolic OH excluding ortho intramolecular Hbond substituents is 1. The Bertz CT molecular complexity index is 431. The van der Waals surface area contributed by atoms with Crippen molar-refractivity contribution in [3.63, 3.8) is 0 Å². The first-order chi connectivity index (χ1) is 7.51. The maximum atomic E-state index is 10.6. The van der Waals surface area contributed by atoms with Crippen molar-refractivity contribution in [3.05, 3.63) is 40.5 Å². The van der Waals surface area contributed by atoms with Gasteiger partial charge in [-0.1, -0.05) is 6.08 Å². The number of hydrogen-bond acceptors (Lipinski definition) is 5. The summed E-state index contributed by atoms with van der Waals surface area (Å²) >= 11 is 0. The van der Waals surface area contributed by atoms with E-state index in [-0.39, 0.29) is 22.7 Å². The molecule has 16 heavy (non-hydrogen) atoms. The summed E-state index contributed by atoms with van der Waals surface area (Å²) in [5, 5.41) is 20.4. The minimum Gasteiger partial charge on any atom is -0.504 e. The Kier molecular flexibility index (Phi) is 3.47. The molecule has 1 aromatic rings. The van der Waals surface area contributed by atoms with Crippen LogP contribution in [0.3, 0.4) is 0 Å². The number of ether oxygens (including phenoxy) is 1. The molecule has 0 bridgehead atoms. The van der Waals surface area contributed by atoms with Gasteiger partial charge in [0, 0.05) is 11.6 Å². The van der Waals surface area contributed by atoms with Gasteiger partial charge in [-0.25, -0.2) is 0 Å². The Hall–Kier alpha value is -2.08. The van der Waals surface area contributed by atoms with Crippen LogP contribution in [0.1, 0.15) is 11.6 Å². The van der Waals surface area contributed by atoms with Gasteiger partial charge >= 0.3 is 0 Å². The van der Waals surface area contributed by atoms with Crippen LogP contribution in [-0.2, 0) is 0 Å². The first kappa shape index (κ1) is 12.0. The number of nitrogens with zero attached hydrogens (tertiary/aromatic N) is 1. The van der Waals surface area contributed by atoms with Crippen molar-refractivity contribution in [1.82, 2.24) is 0 Å². The van der Waals surface area contributed by atoms with E-state index in [1.807, 2.05) is 0 Å². The van der Waals surface area contributed by atoms with Gasteiger partial charge in [-0.05, 0) is 0 Å². The zero-order chi connectivity index (χ0) is 12.3. The number of non-ortho nitro benzene ring substituents is 1. The number of methoxy groups -OCH3 is 1. The predicted octanol–water partition coefficient (Wildman–Crippen LogP) is 1.49. The van der Waals surface area contributed by atoms with Crippen molar-refractivity contribution in [3.8, 4) is 11.5 Å². The van der Waals surface area contributed by atoms with Crippen molar-refractivity contribution in [2.75, 3.05) is 7.11 Å². The normalized spacial score (nSPS) is 11.9. The second-order valence-corrected chi connectivity index (χ2v) is 3.10. The summed E-state index contributed by atoms with van der Waals surface area (Å²) in [6.07, 6.45) is 1.37. The summed E-state index contributed by atoms with van der Waals surface area (Å²) in [4.78, 5) is 10.1. The van der Waals surface area contributed by atoms with E-state index in [9.17, 15) is 15.2 Å². The lowest BCUT2D eigenvalue weighted by atomic mass is 10.1. The second kappa shape index (κ2) is 4.63. The number of nitrogens with two attached hydrogens (primary N) is 1. The van der Waals surface area contributed by atoms with Crippen LogP contribution >= 0.6 is 0 Å². The largest absolute Gasteiger partial charge is 0.504 e. The van der Waals surface area contributed by atoms with E-state index in [0.717, 1.165) is 6.07 Å². The smallest absolute Gasteiger partial charge is 0.273 e. The van der Waals surface area contributed by atoms with Crippen LogP contribution in [0, 0.1) is 10.1 Å². The topological polar surface area (TPSA) is 98.6 Å². The van der Waals surface area contributed by atoms with Crippen LogP contribution in [0.2, 0.25) is 0 Å². The Balaban J connectivity index is 3.40. The molecule has 1 rings (SSSR count). The molecular formula is C10H12N2O4. The molecule has 0 aliphatic carbocycles. The molecule has 6 heteroatoms. The van der Waals surface area contributed by atoms with Crippen molar-refractivity contribution in [2.24, 2.45) is 5.73 Å². The highest BCUT2D eigenvalue weighted by Crippen LogP contribution is 2.37. The lowest BCUT2D eigenvalue weighted by molar-refractivity contribution is -0.385. The molecule has 0 unspecified atom stereocenters. The first-order valence-corrected chi connectivity index (χ1v) is 4.44. The molecule has 0 amide bonds. The van der Waals surface area contributed by atoms with Crippen LogP contribution in [0.5, 0.6) is 11.5 Å². The summed E-state index contributed by atoms with van der Waals surface area (Å²) in [6, 6.07) is 1.65. The molecule has 1 aromatic carbocycles. The fraction of sp³-hybridized carbons (Fsp3) is 0.200. The summed E-state index contributed by atoms with van der Waals surface area (Å²) in [6.45, 7) is 3.46. The summed E-state index contributed by atoms with van der Waals surface area (Å²) in [5.41, 5.74) is 5.65. The molecule has 0 spiro atoms. The maximum Gasteiger partial charge on any atom is 0.273 e. The first-order valence-electron chi connectivity index (χ1n) is 4.44. The fourth-order valence-electron chi connectivity index (χ4n) is 1.26. The van der Waals surface area contributed by atoms with Gasteiger partial charge in [-0.15, -0.1) is 6.58 Å². The molecule has 0 aliphatic heterocycles. The zero-order valence-electron chi connectivity index (χ0n) is 8.71. The molecule has 3 N–H and O–H groups in total. The Morgan fingerprint density at radius 2 is 2.31 bits per heavy atom. The number of nitro groups is 1. The van der Waals surface area contributed by atoms with Crippen LogP contribution in [-0.4, -0.2) is 17.1 Å². The second-order valence-electron chi connectivity index (χ2n) is 3.10. The van der Waals surface area contributed by atoms with Crippen LogP contribution < -0.4 is 10.5 Å². The van der Waals surface area contributed by atoms with Gasteiger partial charge in [0.15, 0.2) is 11.5 Å². The highest BCUT2D eigenvalue weighted by molar-refractivity contribution is 5.55. The molecule has 0 saturated carbocycles. The minimum atomic E-state index is -0.686. The highest BCUT2D eigenvalue weighted by Gasteiger charge is 2.19. The van der Waals surface area contributed by atoms with Gasteiger partial charge < -0.3 is 15.6 Å². The molecule has 1 atom stereocenters. The molecule has 0 fully saturated rings. The average molecular weight is 224 g/mol.